The lowest BCUT2D eigenvalue weighted by molar-refractivity contribution is -0.0712. The van der Waals surface area contributed by atoms with Crippen LogP contribution in [-0.4, -0.2) is 23.3 Å². The Morgan fingerprint density at radius 1 is 1.25 bits per heavy atom. The lowest BCUT2D eigenvalue weighted by Gasteiger charge is -2.59. The van der Waals surface area contributed by atoms with Crippen molar-refractivity contribution in [2.45, 2.75) is 50.9 Å². The van der Waals surface area contributed by atoms with Crippen molar-refractivity contribution >= 4 is 5.97 Å². The van der Waals surface area contributed by atoms with Gasteiger partial charge in [0.05, 0.1) is 7.11 Å². The Morgan fingerprint density at radius 3 is 2.55 bits per heavy atom. The van der Waals surface area contributed by atoms with Crippen LogP contribution < -0.4 is 0 Å². The molecule has 0 saturated heterocycles. The first-order valence-electron chi connectivity index (χ1n) is 7.44. The van der Waals surface area contributed by atoms with Crippen molar-refractivity contribution < 1.29 is 13.9 Å². The van der Waals surface area contributed by atoms with Gasteiger partial charge in [-0.3, -0.25) is 0 Å². The van der Waals surface area contributed by atoms with Crippen LogP contribution in [0.3, 0.4) is 0 Å². The minimum absolute atomic E-state index is 0.0107. The molecule has 4 saturated carbocycles. The van der Waals surface area contributed by atoms with Crippen molar-refractivity contribution in [1.82, 2.24) is 10.2 Å². The van der Waals surface area contributed by atoms with Gasteiger partial charge in [-0.25, -0.2) is 4.79 Å². The van der Waals surface area contributed by atoms with E-state index in [2.05, 4.69) is 21.9 Å². The fourth-order valence-electron chi connectivity index (χ4n) is 5.58. The quantitative estimate of drug-likeness (QED) is 0.777. The molecule has 2 atom stereocenters. The molecule has 1 heterocycles. The highest BCUT2D eigenvalue weighted by molar-refractivity contribution is 5.83. The second-order valence-electron chi connectivity index (χ2n) is 7.46. The molecule has 4 fully saturated rings. The number of nitrogens with zero attached hydrogens (tertiary/aromatic N) is 2. The molecule has 0 spiro atoms. The number of rotatable bonds is 2. The maximum atomic E-state index is 11.5. The second kappa shape index (κ2) is 3.83. The maximum Gasteiger partial charge on any atom is 0.396 e. The van der Waals surface area contributed by atoms with Gasteiger partial charge in [-0.1, -0.05) is 6.92 Å². The van der Waals surface area contributed by atoms with Crippen molar-refractivity contribution in [3.05, 3.63) is 11.8 Å². The van der Waals surface area contributed by atoms with Gasteiger partial charge in [0, 0.05) is 5.41 Å². The predicted molar refractivity (Wildman–Crippen MR) is 70.1 cm³/mol. The third kappa shape index (κ3) is 1.64. The molecule has 1 aromatic rings. The van der Waals surface area contributed by atoms with Crippen LogP contribution in [0, 0.1) is 17.3 Å². The van der Waals surface area contributed by atoms with Crippen molar-refractivity contribution in [3.8, 4) is 0 Å². The number of carbonyl (C=O) groups excluding carboxylic acids is 1. The Hall–Kier alpha value is -1.39. The van der Waals surface area contributed by atoms with Gasteiger partial charge < -0.3 is 9.15 Å². The zero-order chi connectivity index (χ0) is 14.0. The molecule has 0 N–H and O–H groups in total. The van der Waals surface area contributed by atoms with Crippen LogP contribution in [0.4, 0.5) is 0 Å². The number of carbonyl (C=O) groups is 1. The van der Waals surface area contributed by atoms with Crippen LogP contribution in [-0.2, 0) is 10.2 Å². The van der Waals surface area contributed by atoms with E-state index in [4.69, 9.17) is 4.42 Å². The second-order valence-corrected chi connectivity index (χ2v) is 7.46. The van der Waals surface area contributed by atoms with Crippen molar-refractivity contribution in [2.75, 3.05) is 7.11 Å². The van der Waals surface area contributed by atoms with Gasteiger partial charge in [0.2, 0.25) is 5.89 Å². The van der Waals surface area contributed by atoms with Gasteiger partial charge in [-0.05, 0) is 55.8 Å². The van der Waals surface area contributed by atoms with Crippen LogP contribution in [0.2, 0.25) is 0 Å². The Kier molecular flexibility index (Phi) is 2.37. The Balaban J connectivity index is 1.71. The van der Waals surface area contributed by atoms with Crippen LogP contribution in [0.5, 0.6) is 0 Å². The van der Waals surface area contributed by atoms with Gasteiger partial charge in [0.25, 0.3) is 0 Å². The summed E-state index contributed by atoms with van der Waals surface area (Å²) in [6, 6.07) is 0. The molecule has 0 aromatic carbocycles. The van der Waals surface area contributed by atoms with Gasteiger partial charge in [0.15, 0.2) is 0 Å². The van der Waals surface area contributed by atoms with Crippen LogP contribution in [0.1, 0.15) is 62.0 Å². The van der Waals surface area contributed by atoms with Crippen LogP contribution >= 0.6 is 0 Å². The van der Waals surface area contributed by atoms with E-state index in [1.807, 2.05) is 0 Å². The van der Waals surface area contributed by atoms with Crippen molar-refractivity contribution in [3.63, 3.8) is 0 Å². The zero-order valence-electron chi connectivity index (χ0n) is 12.0. The minimum atomic E-state index is -0.542. The number of aromatic nitrogens is 2. The molecule has 0 aliphatic heterocycles. The van der Waals surface area contributed by atoms with E-state index >= 15 is 0 Å². The highest BCUT2D eigenvalue weighted by Crippen LogP contribution is 2.65. The molecule has 5 heteroatoms. The molecule has 20 heavy (non-hydrogen) atoms. The largest absolute Gasteiger partial charge is 0.462 e. The predicted octanol–water partition coefficient (Wildman–Crippen LogP) is 2.71. The summed E-state index contributed by atoms with van der Waals surface area (Å²) >= 11 is 0. The molecule has 5 rings (SSSR count). The summed E-state index contributed by atoms with van der Waals surface area (Å²) < 4.78 is 10.3. The summed E-state index contributed by atoms with van der Waals surface area (Å²) in [4.78, 5) is 11.5. The first-order chi connectivity index (χ1) is 9.52. The van der Waals surface area contributed by atoms with Gasteiger partial charge in [-0.15, -0.1) is 10.2 Å². The van der Waals surface area contributed by atoms with Gasteiger partial charge in [-0.2, -0.15) is 0 Å². The monoisotopic (exact) mass is 276 g/mol. The number of hydrogen-bond donors (Lipinski definition) is 0. The molecular formula is C15H20N2O3. The maximum absolute atomic E-state index is 11.5. The normalized spacial score (nSPS) is 41.9. The smallest absolute Gasteiger partial charge is 0.396 e. The van der Waals surface area contributed by atoms with E-state index in [0.29, 0.717) is 11.3 Å². The molecule has 5 nitrogen and oxygen atoms in total. The lowest BCUT2D eigenvalue weighted by atomic mass is 9.44. The number of esters is 1. The van der Waals surface area contributed by atoms with E-state index in [0.717, 1.165) is 31.1 Å². The Morgan fingerprint density at radius 2 is 1.95 bits per heavy atom. The average Bonchev–Trinajstić information content (AvgIpc) is 2.85. The van der Waals surface area contributed by atoms with E-state index in [-0.39, 0.29) is 11.3 Å². The van der Waals surface area contributed by atoms with Crippen molar-refractivity contribution in [2.24, 2.45) is 17.3 Å². The summed E-state index contributed by atoms with van der Waals surface area (Å²) in [5.74, 6) is 1.69. The van der Waals surface area contributed by atoms with Gasteiger partial charge in [0.1, 0.15) is 0 Å². The SMILES string of the molecule is COC(=O)c1nnc(C23CC4CC(CC(C)(C4)C2)C3)o1. The molecule has 0 radical (unpaired) electrons. The van der Waals surface area contributed by atoms with Crippen LogP contribution in [0.25, 0.3) is 0 Å². The zero-order valence-corrected chi connectivity index (χ0v) is 12.0. The average molecular weight is 276 g/mol. The van der Waals surface area contributed by atoms with E-state index in [1.54, 1.807) is 0 Å². The standard InChI is InChI=1S/C15H20N2O3/c1-14-4-9-3-10(5-14)7-15(6-9,8-14)13-17-16-11(20-13)12(18)19-2/h9-10H,3-8H2,1-2H3. The molecule has 4 aliphatic rings. The molecule has 0 amide bonds. The van der Waals surface area contributed by atoms with Crippen molar-refractivity contribution in [1.29, 1.82) is 0 Å². The summed E-state index contributed by atoms with van der Waals surface area (Å²) in [5.41, 5.74) is 0.433. The highest BCUT2D eigenvalue weighted by Gasteiger charge is 2.58. The third-order valence-electron chi connectivity index (χ3n) is 5.59. The lowest BCUT2D eigenvalue weighted by Crippen LogP contribution is -2.53. The molecule has 4 aliphatic carbocycles. The van der Waals surface area contributed by atoms with E-state index in [1.165, 1.54) is 26.4 Å². The summed E-state index contributed by atoms with van der Waals surface area (Å²) in [7, 11) is 1.33. The third-order valence-corrected chi connectivity index (χ3v) is 5.59. The fourth-order valence-corrected chi connectivity index (χ4v) is 5.58. The minimum Gasteiger partial charge on any atom is -0.462 e. The fraction of sp³-hybridized carbons (Fsp3) is 0.800. The topological polar surface area (TPSA) is 65.2 Å². The molecule has 4 bridgehead atoms. The number of hydrogen-bond acceptors (Lipinski definition) is 5. The number of ether oxygens (including phenoxy) is 1. The molecule has 108 valence electrons. The van der Waals surface area contributed by atoms with E-state index in [9.17, 15) is 4.79 Å². The summed E-state index contributed by atoms with van der Waals surface area (Å²) in [6.45, 7) is 2.40. The van der Waals surface area contributed by atoms with E-state index < -0.39 is 5.97 Å². The molecular weight excluding hydrogens is 256 g/mol. The summed E-state index contributed by atoms with van der Waals surface area (Å²) in [5, 5.41) is 8.06. The Bertz CT molecular complexity index is 551. The first kappa shape index (κ1) is 12.4. The van der Waals surface area contributed by atoms with Gasteiger partial charge >= 0.3 is 11.9 Å². The molecule has 2 unspecified atom stereocenters. The summed E-state index contributed by atoms with van der Waals surface area (Å²) in [6.07, 6.45) is 7.43. The Labute approximate surface area is 118 Å². The first-order valence-corrected chi connectivity index (χ1v) is 7.44. The van der Waals surface area contributed by atoms with Crippen LogP contribution in [0.15, 0.2) is 4.42 Å². The molecule has 1 aromatic heterocycles. The highest BCUT2D eigenvalue weighted by atomic mass is 16.5. The number of methoxy groups -OCH3 is 1.